The standard InChI is InChI=1S/C15H16O4/c1-8-4-12-10(14(17)18-8)5-9-11(16)6-15(2,3)7-13(9)19-12/h4H,5-7H2,1-3H3. The highest BCUT2D eigenvalue weighted by atomic mass is 16.5. The molecule has 0 saturated carbocycles. The van der Waals surface area contributed by atoms with Crippen molar-refractivity contribution >= 4 is 5.78 Å². The number of allylic oxidation sites excluding steroid dienone is 2. The summed E-state index contributed by atoms with van der Waals surface area (Å²) in [6.45, 7) is 5.82. The molecule has 0 N–H and O–H groups in total. The summed E-state index contributed by atoms with van der Waals surface area (Å²) < 4.78 is 10.9. The van der Waals surface area contributed by atoms with Crippen molar-refractivity contribution in [1.82, 2.24) is 0 Å². The molecule has 2 aliphatic rings. The number of fused-ring (bicyclic) bond motifs is 1. The molecule has 0 aromatic carbocycles. The van der Waals surface area contributed by atoms with E-state index in [2.05, 4.69) is 13.8 Å². The first-order valence-corrected chi connectivity index (χ1v) is 6.42. The molecule has 0 radical (unpaired) electrons. The highest BCUT2D eigenvalue weighted by Gasteiger charge is 2.37. The van der Waals surface area contributed by atoms with Crippen LogP contribution in [0.15, 0.2) is 26.6 Å². The van der Waals surface area contributed by atoms with Crippen LogP contribution in [0.4, 0.5) is 0 Å². The van der Waals surface area contributed by atoms with Crippen molar-refractivity contribution in [3.63, 3.8) is 0 Å². The second kappa shape index (κ2) is 3.83. The van der Waals surface area contributed by atoms with Crippen molar-refractivity contribution in [2.45, 2.75) is 40.0 Å². The average molecular weight is 260 g/mol. The first kappa shape index (κ1) is 12.2. The molecule has 0 fully saturated rings. The topological polar surface area (TPSA) is 56.5 Å². The van der Waals surface area contributed by atoms with E-state index in [-0.39, 0.29) is 11.2 Å². The van der Waals surface area contributed by atoms with E-state index in [1.54, 1.807) is 13.0 Å². The van der Waals surface area contributed by atoms with Crippen LogP contribution in [0.1, 0.15) is 38.0 Å². The summed E-state index contributed by atoms with van der Waals surface area (Å²) in [6, 6.07) is 1.71. The summed E-state index contributed by atoms with van der Waals surface area (Å²) in [5.74, 6) is 1.86. The van der Waals surface area contributed by atoms with E-state index in [4.69, 9.17) is 9.15 Å². The number of carbonyl (C=O) groups excluding carboxylic acids is 1. The van der Waals surface area contributed by atoms with Crippen molar-refractivity contribution < 1.29 is 13.9 Å². The van der Waals surface area contributed by atoms with E-state index < -0.39 is 5.63 Å². The number of aryl methyl sites for hydroxylation is 1. The molecule has 3 rings (SSSR count). The van der Waals surface area contributed by atoms with Crippen LogP contribution in [0.25, 0.3) is 0 Å². The van der Waals surface area contributed by atoms with E-state index in [1.807, 2.05) is 0 Å². The fourth-order valence-electron chi connectivity index (χ4n) is 2.76. The predicted octanol–water partition coefficient (Wildman–Crippen LogP) is 2.53. The predicted molar refractivity (Wildman–Crippen MR) is 69.1 cm³/mol. The van der Waals surface area contributed by atoms with E-state index in [9.17, 15) is 9.59 Å². The van der Waals surface area contributed by atoms with Gasteiger partial charge in [-0.25, -0.2) is 4.79 Å². The van der Waals surface area contributed by atoms with Gasteiger partial charge in [-0.1, -0.05) is 13.8 Å². The van der Waals surface area contributed by atoms with Gasteiger partial charge in [-0.2, -0.15) is 0 Å². The number of hydrogen-bond acceptors (Lipinski definition) is 4. The molecule has 0 atom stereocenters. The Kier molecular flexibility index (Phi) is 2.46. The number of Topliss-reactive ketones (excluding diaryl/α,β-unsaturated/α-hetero) is 1. The molecule has 1 aliphatic carbocycles. The Balaban J connectivity index is 2.08. The zero-order valence-corrected chi connectivity index (χ0v) is 11.3. The van der Waals surface area contributed by atoms with Crippen LogP contribution < -0.4 is 10.4 Å². The van der Waals surface area contributed by atoms with Crippen LogP contribution in [-0.4, -0.2) is 5.78 Å². The smallest absolute Gasteiger partial charge is 0.343 e. The Morgan fingerprint density at radius 1 is 1.21 bits per heavy atom. The lowest BCUT2D eigenvalue weighted by molar-refractivity contribution is -0.118. The minimum Gasteiger partial charge on any atom is -0.461 e. The Bertz CT molecular complexity index is 661. The van der Waals surface area contributed by atoms with Crippen LogP contribution in [0.2, 0.25) is 0 Å². The van der Waals surface area contributed by atoms with Gasteiger partial charge in [0, 0.05) is 30.9 Å². The third-order valence-electron chi connectivity index (χ3n) is 3.67. The highest BCUT2D eigenvalue weighted by molar-refractivity contribution is 5.98. The Hall–Kier alpha value is -1.84. The van der Waals surface area contributed by atoms with Crippen molar-refractivity contribution in [3.05, 3.63) is 39.1 Å². The molecule has 1 aromatic heterocycles. The molecule has 1 aliphatic heterocycles. The van der Waals surface area contributed by atoms with Gasteiger partial charge in [0.25, 0.3) is 0 Å². The molecule has 2 heterocycles. The van der Waals surface area contributed by atoms with Gasteiger partial charge in [0.1, 0.15) is 17.3 Å². The largest absolute Gasteiger partial charge is 0.461 e. The minimum atomic E-state index is -0.404. The summed E-state index contributed by atoms with van der Waals surface area (Å²) in [5, 5.41) is 0. The molecule has 0 bridgehead atoms. The Morgan fingerprint density at radius 2 is 1.95 bits per heavy atom. The first-order valence-electron chi connectivity index (χ1n) is 6.42. The number of rotatable bonds is 0. The summed E-state index contributed by atoms with van der Waals surface area (Å²) in [4.78, 5) is 24.0. The quantitative estimate of drug-likeness (QED) is 0.719. The second-order valence-electron chi connectivity index (χ2n) is 6.11. The highest BCUT2D eigenvalue weighted by Crippen LogP contribution is 2.41. The third-order valence-corrected chi connectivity index (χ3v) is 3.67. The third kappa shape index (κ3) is 2.01. The van der Waals surface area contributed by atoms with Crippen molar-refractivity contribution in [2.75, 3.05) is 0 Å². The lowest BCUT2D eigenvalue weighted by Crippen LogP contribution is -2.32. The van der Waals surface area contributed by atoms with Gasteiger partial charge >= 0.3 is 5.63 Å². The normalized spacial score (nSPS) is 20.7. The first-order chi connectivity index (χ1) is 8.85. The molecule has 100 valence electrons. The van der Waals surface area contributed by atoms with E-state index in [0.717, 1.165) is 12.2 Å². The Morgan fingerprint density at radius 3 is 2.68 bits per heavy atom. The lowest BCUT2D eigenvalue weighted by Gasteiger charge is -2.34. The molecule has 4 heteroatoms. The summed E-state index contributed by atoms with van der Waals surface area (Å²) in [5.41, 5.74) is 0.613. The molecule has 0 amide bonds. The number of ether oxygens (including phenoxy) is 1. The molecular formula is C15H16O4. The SMILES string of the molecule is Cc1cc2c(c(=O)o1)CC1=C(CC(C)(C)CC1=O)O2. The summed E-state index contributed by atoms with van der Waals surface area (Å²) >= 11 is 0. The van der Waals surface area contributed by atoms with E-state index in [0.29, 0.717) is 35.5 Å². The van der Waals surface area contributed by atoms with Gasteiger partial charge in [0.05, 0.1) is 5.56 Å². The maximum absolute atomic E-state index is 12.2. The summed E-state index contributed by atoms with van der Waals surface area (Å²) in [7, 11) is 0. The van der Waals surface area contributed by atoms with Crippen molar-refractivity contribution in [3.8, 4) is 5.75 Å². The van der Waals surface area contributed by atoms with Crippen LogP contribution in [0, 0.1) is 12.3 Å². The molecular weight excluding hydrogens is 244 g/mol. The van der Waals surface area contributed by atoms with E-state index >= 15 is 0 Å². The van der Waals surface area contributed by atoms with Gasteiger partial charge in [-0.05, 0) is 12.3 Å². The molecule has 0 unspecified atom stereocenters. The van der Waals surface area contributed by atoms with Crippen molar-refractivity contribution in [1.29, 1.82) is 0 Å². The fourth-order valence-corrected chi connectivity index (χ4v) is 2.76. The maximum Gasteiger partial charge on any atom is 0.343 e. The van der Waals surface area contributed by atoms with Gasteiger partial charge in [-0.15, -0.1) is 0 Å². The maximum atomic E-state index is 12.2. The number of ketones is 1. The van der Waals surface area contributed by atoms with Crippen LogP contribution in [0.3, 0.4) is 0 Å². The monoisotopic (exact) mass is 260 g/mol. The minimum absolute atomic E-state index is 0.0804. The van der Waals surface area contributed by atoms with Crippen LogP contribution >= 0.6 is 0 Å². The molecule has 1 aromatic rings. The van der Waals surface area contributed by atoms with E-state index in [1.165, 1.54) is 0 Å². The van der Waals surface area contributed by atoms with Crippen LogP contribution in [0.5, 0.6) is 5.75 Å². The number of hydrogen-bond donors (Lipinski definition) is 0. The summed E-state index contributed by atoms with van der Waals surface area (Å²) in [6.07, 6.45) is 1.57. The second-order valence-corrected chi connectivity index (χ2v) is 6.11. The molecule has 19 heavy (non-hydrogen) atoms. The lowest BCUT2D eigenvalue weighted by atomic mass is 9.75. The van der Waals surface area contributed by atoms with Gasteiger partial charge in [-0.3, -0.25) is 4.79 Å². The molecule has 0 saturated heterocycles. The van der Waals surface area contributed by atoms with Crippen LogP contribution in [-0.2, 0) is 11.2 Å². The zero-order chi connectivity index (χ0) is 13.8. The zero-order valence-electron chi connectivity index (χ0n) is 11.3. The molecule has 4 nitrogen and oxygen atoms in total. The Labute approximate surface area is 111 Å². The fraction of sp³-hybridized carbons (Fsp3) is 0.467. The van der Waals surface area contributed by atoms with Crippen molar-refractivity contribution in [2.24, 2.45) is 5.41 Å². The average Bonchev–Trinajstić information content (AvgIpc) is 2.24. The van der Waals surface area contributed by atoms with Gasteiger partial charge < -0.3 is 9.15 Å². The van der Waals surface area contributed by atoms with Gasteiger partial charge in [0.15, 0.2) is 5.78 Å². The number of carbonyl (C=O) groups is 1. The van der Waals surface area contributed by atoms with Gasteiger partial charge in [0.2, 0.25) is 0 Å². The molecule has 0 spiro atoms.